The summed E-state index contributed by atoms with van der Waals surface area (Å²) in [7, 11) is 3.52. The third-order valence-electron chi connectivity index (χ3n) is 2.20. The number of hydrogen-bond acceptors (Lipinski definition) is 3. The van der Waals surface area contributed by atoms with Crippen molar-refractivity contribution in [1.82, 2.24) is 5.32 Å². The highest BCUT2D eigenvalue weighted by Crippen LogP contribution is 2.18. The molecule has 0 aliphatic carbocycles. The van der Waals surface area contributed by atoms with Gasteiger partial charge >= 0.3 is 0 Å². The van der Waals surface area contributed by atoms with Crippen LogP contribution in [0.1, 0.15) is 19.8 Å². The second-order valence-corrected chi connectivity index (χ2v) is 2.92. The first-order valence-corrected chi connectivity index (χ1v) is 4.11. The van der Waals surface area contributed by atoms with Crippen molar-refractivity contribution >= 4 is 0 Å². The van der Waals surface area contributed by atoms with Gasteiger partial charge in [-0.25, -0.2) is 0 Å². The van der Waals surface area contributed by atoms with E-state index in [9.17, 15) is 0 Å². The monoisotopic (exact) mass is 160 g/mol. The van der Waals surface area contributed by atoms with Gasteiger partial charge < -0.3 is 15.8 Å². The number of ether oxygens (including phenoxy) is 1. The third-order valence-corrected chi connectivity index (χ3v) is 2.20. The molecule has 1 aliphatic heterocycles. The molecule has 68 valence electrons. The molecule has 0 aromatic carbocycles. The molecule has 3 N–H and O–H groups in total. The van der Waals surface area contributed by atoms with Crippen molar-refractivity contribution in [3.8, 4) is 0 Å². The van der Waals surface area contributed by atoms with Gasteiger partial charge in [0.15, 0.2) is 0 Å². The van der Waals surface area contributed by atoms with Crippen molar-refractivity contribution < 1.29 is 4.74 Å². The third kappa shape index (κ3) is 3.70. The summed E-state index contributed by atoms with van der Waals surface area (Å²) >= 11 is 0. The topological polar surface area (TPSA) is 47.3 Å². The zero-order chi connectivity index (χ0) is 8.74. The van der Waals surface area contributed by atoms with Crippen LogP contribution < -0.4 is 11.1 Å². The summed E-state index contributed by atoms with van der Waals surface area (Å²) in [5.41, 5.74) is 4.85. The molecule has 0 bridgehead atoms. The van der Waals surface area contributed by atoms with E-state index in [1.165, 1.54) is 7.05 Å². The van der Waals surface area contributed by atoms with Crippen LogP contribution in [0.5, 0.6) is 0 Å². The lowest BCUT2D eigenvalue weighted by Gasteiger charge is -2.32. The Bertz CT molecular complexity index is 90.1. The van der Waals surface area contributed by atoms with Crippen molar-refractivity contribution in [3.05, 3.63) is 0 Å². The van der Waals surface area contributed by atoms with Gasteiger partial charge in [0.2, 0.25) is 0 Å². The van der Waals surface area contributed by atoms with Gasteiger partial charge in [0, 0.05) is 18.8 Å². The van der Waals surface area contributed by atoms with Crippen LogP contribution in [0, 0.1) is 0 Å². The highest BCUT2D eigenvalue weighted by molar-refractivity contribution is 4.83. The molecule has 0 atom stereocenters. The van der Waals surface area contributed by atoms with E-state index in [1.54, 1.807) is 0 Å². The average molecular weight is 160 g/mol. The average Bonchev–Trinajstić information content (AvgIpc) is 2.10. The lowest BCUT2D eigenvalue weighted by atomic mass is 9.93. The van der Waals surface area contributed by atoms with Gasteiger partial charge in [-0.15, -0.1) is 0 Å². The maximum Gasteiger partial charge on any atom is 0.0483 e. The van der Waals surface area contributed by atoms with E-state index in [0.717, 1.165) is 26.1 Å². The summed E-state index contributed by atoms with van der Waals surface area (Å²) in [6, 6.07) is 0. The van der Waals surface area contributed by atoms with Crippen LogP contribution in [0.2, 0.25) is 0 Å². The van der Waals surface area contributed by atoms with E-state index in [4.69, 9.17) is 4.74 Å². The quantitative estimate of drug-likeness (QED) is 0.582. The Labute approximate surface area is 69.3 Å². The van der Waals surface area contributed by atoms with Crippen molar-refractivity contribution in [2.45, 2.75) is 25.3 Å². The fourth-order valence-electron chi connectivity index (χ4n) is 1.07. The minimum atomic E-state index is 0.345. The Morgan fingerprint density at radius 2 is 1.73 bits per heavy atom. The molecule has 3 heteroatoms. The largest absolute Gasteiger partial charge is 0.381 e. The van der Waals surface area contributed by atoms with E-state index in [2.05, 4.69) is 18.0 Å². The summed E-state index contributed by atoms with van der Waals surface area (Å²) in [4.78, 5) is 0. The molecule has 0 radical (unpaired) electrons. The molecule has 0 unspecified atom stereocenters. The van der Waals surface area contributed by atoms with E-state index < -0.39 is 0 Å². The zero-order valence-electron chi connectivity index (χ0n) is 7.81. The standard InChI is InChI=1S/C7H15NO.CH5N/c1-7(8-2)3-5-9-6-4-7;1-2/h8H,3-6H2,1-2H3;2H2,1H3. The van der Waals surface area contributed by atoms with Crippen LogP contribution >= 0.6 is 0 Å². The van der Waals surface area contributed by atoms with Crippen LogP contribution in [0.4, 0.5) is 0 Å². The lowest BCUT2D eigenvalue weighted by Crippen LogP contribution is -2.44. The van der Waals surface area contributed by atoms with E-state index in [0.29, 0.717) is 5.54 Å². The van der Waals surface area contributed by atoms with Crippen molar-refractivity contribution in [3.63, 3.8) is 0 Å². The highest BCUT2D eigenvalue weighted by atomic mass is 16.5. The molecular formula is C8H20N2O. The molecule has 1 rings (SSSR count). The van der Waals surface area contributed by atoms with Gasteiger partial charge in [-0.1, -0.05) is 0 Å². The number of hydrogen-bond donors (Lipinski definition) is 2. The molecule has 11 heavy (non-hydrogen) atoms. The lowest BCUT2D eigenvalue weighted by molar-refractivity contribution is 0.0483. The highest BCUT2D eigenvalue weighted by Gasteiger charge is 2.24. The van der Waals surface area contributed by atoms with Crippen LogP contribution in [-0.2, 0) is 4.74 Å². The summed E-state index contributed by atoms with van der Waals surface area (Å²) < 4.78 is 5.23. The summed E-state index contributed by atoms with van der Waals surface area (Å²) in [5.74, 6) is 0. The fourth-order valence-corrected chi connectivity index (χ4v) is 1.07. The Hall–Kier alpha value is -0.120. The first-order valence-electron chi connectivity index (χ1n) is 4.11. The molecule has 0 aromatic rings. The summed E-state index contributed by atoms with van der Waals surface area (Å²) in [5, 5.41) is 3.30. The van der Waals surface area contributed by atoms with Crippen LogP contribution in [-0.4, -0.2) is 32.8 Å². The molecule has 0 aromatic heterocycles. The van der Waals surface area contributed by atoms with E-state index in [-0.39, 0.29) is 0 Å². The Morgan fingerprint density at radius 1 is 1.27 bits per heavy atom. The molecule has 3 nitrogen and oxygen atoms in total. The molecule has 1 fully saturated rings. The predicted molar refractivity (Wildman–Crippen MR) is 47.6 cm³/mol. The SMILES string of the molecule is CN.CNC1(C)CCOCC1. The Morgan fingerprint density at radius 3 is 2.00 bits per heavy atom. The molecule has 1 saturated heterocycles. The number of nitrogens with one attached hydrogen (secondary N) is 1. The van der Waals surface area contributed by atoms with Gasteiger partial charge in [0.05, 0.1) is 0 Å². The summed E-state index contributed by atoms with van der Waals surface area (Å²) in [6.45, 7) is 4.07. The maximum atomic E-state index is 5.23. The predicted octanol–water partition coefficient (Wildman–Crippen LogP) is 0.350. The maximum absolute atomic E-state index is 5.23. The number of nitrogens with two attached hydrogens (primary N) is 1. The molecule has 0 amide bonds. The summed E-state index contributed by atoms with van der Waals surface area (Å²) in [6.07, 6.45) is 2.28. The van der Waals surface area contributed by atoms with Crippen molar-refractivity contribution in [1.29, 1.82) is 0 Å². The first-order chi connectivity index (χ1) is 5.27. The molecule has 0 spiro atoms. The minimum Gasteiger partial charge on any atom is -0.381 e. The fraction of sp³-hybridized carbons (Fsp3) is 1.00. The van der Waals surface area contributed by atoms with Gasteiger partial charge in [0.25, 0.3) is 0 Å². The van der Waals surface area contributed by atoms with E-state index >= 15 is 0 Å². The molecular weight excluding hydrogens is 140 g/mol. The second-order valence-electron chi connectivity index (χ2n) is 2.92. The van der Waals surface area contributed by atoms with Crippen LogP contribution in [0.3, 0.4) is 0 Å². The molecule has 1 heterocycles. The molecule has 1 aliphatic rings. The Balaban J connectivity index is 0.000000461. The molecule has 0 saturated carbocycles. The van der Waals surface area contributed by atoms with Gasteiger partial charge in [-0.05, 0) is 33.9 Å². The van der Waals surface area contributed by atoms with Crippen LogP contribution in [0.15, 0.2) is 0 Å². The number of rotatable bonds is 1. The van der Waals surface area contributed by atoms with Gasteiger partial charge in [0.1, 0.15) is 0 Å². The van der Waals surface area contributed by atoms with Crippen LogP contribution in [0.25, 0.3) is 0 Å². The smallest absolute Gasteiger partial charge is 0.0483 e. The zero-order valence-corrected chi connectivity index (χ0v) is 7.81. The van der Waals surface area contributed by atoms with Crippen molar-refractivity contribution in [2.24, 2.45) is 5.73 Å². The van der Waals surface area contributed by atoms with E-state index in [1.807, 2.05) is 7.05 Å². The minimum absolute atomic E-state index is 0.345. The normalized spacial score (nSPS) is 21.8. The van der Waals surface area contributed by atoms with Gasteiger partial charge in [-0.2, -0.15) is 0 Å². The van der Waals surface area contributed by atoms with Crippen molar-refractivity contribution in [2.75, 3.05) is 27.3 Å². The first kappa shape index (κ1) is 10.9. The second kappa shape index (κ2) is 5.52. The van der Waals surface area contributed by atoms with Gasteiger partial charge in [-0.3, -0.25) is 0 Å². The Kier molecular flexibility index (Phi) is 5.46.